The first kappa shape index (κ1) is 14.8. The normalized spacial score (nSPS) is 17.6. The van der Waals surface area contributed by atoms with E-state index in [-0.39, 0.29) is 5.91 Å². The van der Waals surface area contributed by atoms with Crippen LogP contribution < -0.4 is 5.32 Å². The molecule has 1 amide bonds. The van der Waals surface area contributed by atoms with Gasteiger partial charge in [0.1, 0.15) is 5.00 Å². The van der Waals surface area contributed by atoms with Crippen molar-refractivity contribution >= 4 is 45.4 Å². The molecule has 24 heavy (non-hydrogen) atoms. The van der Waals surface area contributed by atoms with Crippen molar-refractivity contribution in [2.45, 2.75) is 0 Å². The van der Waals surface area contributed by atoms with Gasteiger partial charge in [-0.25, -0.2) is 9.67 Å². The van der Waals surface area contributed by atoms with Gasteiger partial charge in [-0.15, -0.1) is 5.10 Å². The molecule has 0 unspecified atom stereocenters. The fourth-order valence-corrected chi connectivity index (χ4v) is 3.61. The molecule has 2 aromatic heterocycles. The van der Waals surface area contributed by atoms with Crippen LogP contribution in [0.2, 0.25) is 0 Å². The second-order valence-electron chi connectivity index (χ2n) is 4.72. The highest BCUT2D eigenvalue weighted by atomic mass is 32.2. The zero-order valence-electron chi connectivity index (χ0n) is 12.2. The van der Waals surface area contributed by atoms with E-state index in [9.17, 15) is 4.79 Å². The molecule has 1 saturated heterocycles. The van der Waals surface area contributed by atoms with Gasteiger partial charge in [0.25, 0.3) is 5.91 Å². The molecule has 4 rings (SSSR count). The number of aromatic nitrogens is 4. The van der Waals surface area contributed by atoms with E-state index >= 15 is 0 Å². The lowest BCUT2D eigenvalue weighted by atomic mass is 10.2. The smallest absolute Gasteiger partial charge is 0.264 e. The lowest BCUT2D eigenvalue weighted by molar-refractivity contribution is -0.115. The summed E-state index contributed by atoms with van der Waals surface area (Å²) >= 11 is 2.66. The number of rotatable bonds is 3. The van der Waals surface area contributed by atoms with E-state index in [0.717, 1.165) is 10.6 Å². The third kappa shape index (κ3) is 3.12. The van der Waals surface area contributed by atoms with E-state index < -0.39 is 0 Å². The monoisotopic (exact) mass is 354 g/mol. The minimum atomic E-state index is -0.157. The van der Waals surface area contributed by atoms with Crippen molar-refractivity contribution in [3.8, 4) is 5.00 Å². The predicted octanol–water partition coefficient (Wildman–Crippen LogP) is 2.62. The summed E-state index contributed by atoms with van der Waals surface area (Å²) in [6.45, 7) is 0. The Bertz CT molecular complexity index is 930. The molecule has 3 aromatic rings. The maximum absolute atomic E-state index is 12.1. The number of amidine groups is 1. The number of hydrogen-bond acceptors (Lipinski definition) is 7. The van der Waals surface area contributed by atoms with Crippen molar-refractivity contribution in [2.24, 2.45) is 4.99 Å². The summed E-state index contributed by atoms with van der Waals surface area (Å²) in [7, 11) is 0. The average molecular weight is 354 g/mol. The van der Waals surface area contributed by atoms with Gasteiger partial charge in [-0.3, -0.25) is 4.79 Å². The van der Waals surface area contributed by atoms with Crippen molar-refractivity contribution in [2.75, 3.05) is 0 Å². The van der Waals surface area contributed by atoms with Crippen LogP contribution in [-0.2, 0) is 4.79 Å². The van der Waals surface area contributed by atoms with Crippen molar-refractivity contribution in [3.05, 3.63) is 59.4 Å². The number of amides is 1. The topological polar surface area (TPSA) is 85.1 Å². The molecule has 1 N–H and O–H groups in total. The molecule has 1 aromatic carbocycles. The molecule has 0 bridgehead atoms. The second-order valence-corrected chi connectivity index (χ2v) is 6.74. The van der Waals surface area contributed by atoms with Gasteiger partial charge < -0.3 is 5.32 Å². The fraction of sp³-hybridized carbons (Fsp3) is 0. The van der Waals surface area contributed by atoms with Gasteiger partial charge in [-0.1, -0.05) is 46.9 Å². The number of nitrogens with zero attached hydrogens (tertiary/aromatic N) is 5. The van der Waals surface area contributed by atoms with Gasteiger partial charge in [0.05, 0.1) is 23.5 Å². The highest BCUT2D eigenvalue weighted by molar-refractivity contribution is 8.18. The molecule has 0 saturated carbocycles. The Kier molecular flexibility index (Phi) is 3.93. The lowest BCUT2D eigenvalue weighted by Gasteiger charge is -1.93. The molecule has 0 spiro atoms. The molecule has 1 fully saturated rings. The molecule has 3 heterocycles. The van der Waals surface area contributed by atoms with Crippen molar-refractivity contribution < 1.29 is 4.79 Å². The number of aliphatic imine (C=N–C) groups is 1. The van der Waals surface area contributed by atoms with Crippen LogP contribution in [0, 0.1) is 0 Å². The van der Waals surface area contributed by atoms with Gasteiger partial charge in [-0.05, 0) is 23.4 Å². The van der Waals surface area contributed by atoms with Gasteiger partial charge in [0.15, 0.2) is 5.17 Å². The van der Waals surface area contributed by atoms with Crippen LogP contribution in [0.5, 0.6) is 0 Å². The first-order chi connectivity index (χ1) is 11.8. The summed E-state index contributed by atoms with van der Waals surface area (Å²) in [5.41, 5.74) is 0.971. The highest BCUT2D eigenvalue weighted by Crippen LogP contribution is 2.30. The molecule has 7 nitrogen and oxygen atoms in total. The number of carbonyl (C=O) groups excluding carboxylic acids is 1. The SMILES string of the molecule is O=C1NC(=Nc2ncc(-n3ccnn3)s2)SC1=Cc1ccccc1. The summed E-state index contributed by atoms with van der Waals surface area (Å²) < 4.78 is 1.61. The van der Waals surface area contributed by atoms with Crippen LogP contribution in [0.3, 0.4) is 0 Å². The number of carbonyl (C=O) groups is 1. The third-order valence-corrected chi connectivity index (χ3v) is 4.87. The first-order valence-corrected chi connectivity index (χ1v) is 8.58. The zero-order valence-corrected chi connectivity index (χ0v) is 13.8. The number of thioether (sulfide) groups is 1. The van der Waals surface area contributed by atoms with Gasteiger partial charge in [0, 0.05) is 0 Å². The Morgan fingerprint density at radius 1 is 1.25 bits per heavy atom. The molecule has 0 radical (unpaired) electrons. The summed E-state index contributed by atoms with van der Waals surface area (Å²) in [5, 5.41) is 12.3. The number of nitrogens with one attached hydrogen (secondary N) is 1. The number of benzene rings is 1. The number of thiazole rings is 1. The molecule has 0 atom stereocenters. The average Bonchev–Trinajstić information content (AvgIpc) is 3.31. The molecule has 0 aliphatic carbocycles. The fourth-order valence-electron chi connectivity index (χ4n) is 2.01. The van der Waals surface area contributed by atoms with E-state index in [2.05, 4.69) is 25.6 Å². The molecular formula is C15H10N6OS2. The highest BCUT2D eigenvalue weighted by Gasteiger charge is 2.24. The second kappa shape index (κ2) is 6.38. The van der Waals surface area contributed by atoms with Crippen molar-refractivity contribution in [1.29, 1.82) is 0 Å². The first-order valence-electron chi connectivity index (χ1n) is 6.95. The summed E-state index contributed by atoms with van der Waals surface area (Å²) in [5.74, 6) is -0.157. The largest absolute Gasteiger partial charge is 0.300 e. The third-order valence-electron chi connectivity index (χ3n) is 3.08. The molecule has 118 valence electrons. The minimum Gasteiger partial charge on any atom is -0.300 e. The Balaban J connectivity index is 1.55. The zero-order chi connectivity index (χ0) is 16.4. The summed E-state index contributed by atoms with van der Waals surface area (Å²) in [6.07, 6.45) is 6.84. The number of hydrogen-bond donors (Lipinski definition) is 1. The summed E-state index contributed by atoms with van der Waals surface area (Å²) in [4.78, 5) is 21.3. The van der Waals surface area contributed by atoms with Crippen molar-refractivity contribution in [3.63, 3.8) is 0 Å². The molecule has 1 aliphatic rings. The Labute approximate surface area is 145 Å². The van der Waals surface area contributed by atoms with Gasteiger partial charge >= 0.3 is 0 Å². The van der Waals surface area contributed by atoms with E-state index in [0.29, 0.717) is 15.2 Å². The van der Waals surface area contributed by atoms with Gasteiger partial charge in [-0.2, -0.15) is 4.99 Å². The van der Waals surface area contributed by atoms with Crippen LogP contribution in [0.4, 0.5) is 5.13 Å². The molecule has 1 aliphatic heterocycles. The Morgan fingerprint density at radius 2 is 2.12 bits per heavy atom. The quantitative estimate of drug-likeness (QED) is 0.731. The Morgan fingerprint density at radius 3 is 2.92 bits per heavy atom. The Hall–Kier alpha value is -2.78. The van der Waals surface area contributed by atoms with E-state index in [1.54, 1.807) is 23.3 Å². The van der Waals surface area contributed by atoms with E-state index in [1.807, 2.05) is 36.4 Å². The van der Waals surface area contributed by atoms with Crippen LogP contribution in [-0.4, -0.2) is 31.1 Å². The van der Waals surface area contributed by atoms with E-state index in [4.69, 9.17) is 0 Å². The lowest BCUT2D eigenvalue weighted by Crippen LogP contribution is -2.19. The van der Waals surface area contributed by atoms with Crippen LogP contribution in [0.15, 0.2) is 58.8 Å². The molecule has 9 heteroatoms. The van der Waals surface area contributed by atoms with Crippen LogP contribution in [0.25, 0.3) is 11.1 Å². The maximum Gasteiger partial charge on any atom is 0.264 e. The minimum absolute atomic E-state index is 0.157. The van der Waals surface area contributed by atoms with Crippen LogP contribution in [0.1, 0.15) is 5.56 Å². The van der Waals surface area contributed by atoms with E-state index in [1.165, 1.54) is 23.1 Å². The van der Waals surface area contributed by atoms with Crippen molar-refractivity contribution in [1.82, 2.24) is 25.3 Å². The maximum atomic E-state index is 12.1. The summed E-state index contributed by atoms with van der Waals surface area (Å²) in [6, 6.07) is 9.69. The van der Waals surface area contributed by atoms with Crippen LogP contribution >= 0.6 is 23.1 Å². The predicted molar refractivity (Wildman–Crippen MR) is 94.3 cm³/mol. The van der Waals surface area contributed by atoms with Gasteiger partial charge in [0.2, 0.25) is 5.13 Å². The molecular weight excluding hydrogens is 344 g/mol. The standard InChI is InChI=1S/C15H10N6OS2/c22-13-11(8-10-4-2-1-3-5-10)23-15(18-13)19-14-16-9-12(24-14)21-7-6-17-20-21/h1-9H,(H,16,18,19,22).